The number of carbonyl (C=O) groups is 1. The first kappa shape index (κ1) is 17.2. The van der Waals surface area contributed by atoms with Crippen LogP contribution in [-0.2, 0) is 4.79 Å². The molecule has 0 saturated carbocycles. The van der Waals surface area contributed by atoms with Crippen molar-refractivity contribution in [3.63, 3.8) is 0 Å². The van der Waals surface area contributed by atoms with Gasteiger partial charge in [0.15, 0.2) is 0 Å². The van der Waals surface area contributed by atoms with Gasteiger partial charge in [-0.15, -0.1) is 0 Å². The number of nitrogens with zero attached hydrogens (tertiary/aromatic N) is 2. The van der Waals surface area contributed by atoms with Crippen molar-refractivity contribution in [3.8, 4) is 0 Å². The van der Waals surface area contributed by atoms with Gasteiger partial charge in [0.1, 0.15) is 0 Å². The third-order valence-corrected chi connectivity index (χ3v) is 3.59. The summed E-state index contributed by atoms with van der Waals surface area (Å²) in [6.45, 7) is 0.987. The molecule has 0 aliphatic carbocycles. The second kappa shape index (κ2) is 7.83. The monoisotopic (exact) mass is 296 g/mol. The number of hydrogen-bond acceptors (Lipinski definition) is 3. The summed E-state index contributed by atoms with van der Waals surface area (Å²) in [6, 6.07) is -0.859. The van der Waals surface area contributed by atoms with E-state index < -0.39 is 25.4 Å². The molecule has 1 rings (SSSR count). The maximum atomic E-state index is 12.5. The molecule has 20 heavy (non-hydrogen) atoms. The summed E-state index contributed by atoms with van der Waals surface area (Å²) in [4.78, 5) is 14.9. The molecule has 1 fully saturated rings. The largest absolute Gasteiger partial charge is 0.401 e. The average molecular weight is 296 g/mol. The first-order valence-electron chi connectivity index (χ1n) is 7.05. The van der Waals surface area contributed by atoms with Gasteiger partial charge in [0.25, 0.3) is 0 Å². The number of amides is 1. The predicted molar refractivity (Wildman–Crippen MR) is 69.2 cm³/mol. The lowest BCUT2D eigenvalue weighted by Crippen LogP contribution is -2.51. The second-order valence-corrected chi connectivity index (χ2v) is 5.22. The van der Waals surface area contributed by atoms with E-state index in [1.165, 1.54) is 6.92 Å². The number of likely N-dealkylation sites (tertiary alicyclic amines) is 1. The van der Waals surface area contributed by atoms with E-state index in [-0.39, 0.29) is 12.5 Å². The molecule has 1 unspecified atom stereocenters. The number of aliphatic hydroxyl groups excluding tert-OH is 1. The maximum Gasteiger partial charge on any atom is 0.401 e. The second-order valence-electron chi connectivity index (χ2n) is 5.22. The quantitative estimate of drug-likeness (QED) is 0.838. The van der Waals surface area contributed by atoms with Crippen LogP contribution in [0.3, 0.4) is 0 Å². The van der Waals surface area contributed by atoms with E-state index in [1.54, 1.807) is 4.90 Å². The summed E-state index contributed by atoms with van der Waals surface area (Å²) in [5.41, 5.74) is 0. The fourth-order valence-corrected chi connectivity index (χ4v) is 2.48. The highest BCUT2D eigenvalue weighted by atomic mass is 19.4. The fourth-order valence-electron chi connectivity index (χ4n) is 2.48. The molecule has 0 spiro atoms. The number of aliphatic hydroxyl groups is 1. The van der Waals surface area contributed by atoms with Crippen LogP contribution in [0.25, 0.3) is 0 Å². The predicted octanol–water partition coefficient (Wildman–Crippen LogP) is 1.63. The molecule has 118 valence electrons. The van der Waals surface area contributed by atoms with Crippen LogP contribution in [0, 0.1) is 0 Å². The normalized spacial score (nSPS) is 19.0. The summed E-state index contributed by atoms with van der Waals surface area (Å²) in [6.07, 6.45) is -0.458. The van der Waals surface area contributed by atoms with Gasteiger partial charge in [-0.2, -0.15) is 13.2 Å². The Morgan fingerprint density at radius 2 is 1.80 bits per heavy atom. The van der Waals surface area contributed by atoms with Crippen LogP contribution in [0.1, 0.15) is 32.6 Å². The fraction of sp³-hybridized carbons (Fsp3) is 0.923. The van der Waals surface area contributed by atoms with Crippen LogP contribution in [0.15, 0.2) is 0 Å². The van der Waals surface area contributed by atoms with Gasteiger partial charge in [-0.3, -0.25) is 9.69 Å². The lowest BCUT2D eigenvalue weighted by molar-refractivity contribution is -0.158. The molecule has 7 heteroatoms. The Morgan fingerprint density at radius 3 is 2.25 bits per heavy atom. The molecule has 0 radical (unpaired) electrons. The molecule has 0 aromatic heterocycles. The highest BCUT2D eigenvalue weighted by molar-refractivity contribution is 5.81. The van der Waals surface area contributed by atoms with Crippen molar-refractivity contribution < 1.29 is 23.1 Å². The maximum absolute atomic E-state index is 12.5. The van der Waals surface area contributed by atoms with Crippen LogP contribution in [0.2, 0.25) is 0 Å². The molecule has 1 aliphatic heterocycles. The Kier molecular flexibility index (Phi) is 6.75. The first-order chi connectivity index (χ1) is 9.35. The first-order valence-corrected chi connectivity index (χ1v) is 7.05. The van der Waals surface area contributed by atoms with E-state index in [9.17, 15) is 18.0 Å². The molecule has 1 N–H and O–H groups in total. The van der Waals surface area contributed by atoms with Crippen LogP contribution in [0.4, 0.5) is 13.2 Å². The third-order valence-electron chi connectivity index (χ3n) is 3.59. The SMILES string of the molecule is CC(C(=O)N1CCCCCC1)N(CCO)CC(F)(F)F. The molecule has 1 atom stereocenters. The van der Waals surface area contributed by atoms with Crippen molar-refractivity contribution in [2.24, 2.45) is 0 Å². The third kappa shape index (κ3) is 5.66. The van der Waals surface area contributed by atoms with E-state index in [1.807, 2.05) is 0 Å². The van der Waals surface area contributed by atoms with Gasteiger partial charge in [0.2, 0.25) is 5.91 Å². The zero-order valence-corrected chi connectivity index (χ0v) is 11.8. The van der Waals surface area contributed by atoms with E-state index >= 15 is 0 Å². The Hall–Kier alpha value is -0.820. The van der Waals surface area contributed by atoms with Gasteiger partial charge in [-0.1, -0.05) is 12.8 Å². The lowest BCUT2D eigenvalue weighted by Gasteiger charge is -2.32. The zero-order chi connectivity index (χ0) is 15.2. The van der Waals surface area contributed by atoms with Crippen LogP contribution < -0.4 is 0 Å². The molecule has 1 saturated heterocycles. The van der Waals surface area contributed by atoms with E-state index in [0.717, 1.165) is 30.6 Å². The number of hydrogen-bond donors (Lipinski definition) is 1. The number of carbonyl (C=O) groups excluding carboxylic acids is 1. The summed E-state index contributed by atoms with van der Waals surface area (Å²) in [7, 11) is 0. The summed E-state index contributed by atoms with van der Waals surface area (Å²) >= 11 is 0. The molecule has 0 bridgehead atoms. The number of rotatable bonds is 5. The smallest absolute Gasteiger partial charge is 0.395 e. The standard InChI is InChI=1S/C13H23F3N2O2/c1-11(18(8-9-19)10-13(14,15)16)12(20)17-6-4-2-3-5-7-17/h11,19H,2-10H2,1H3. The highest BCUT2D eigenvalue weighted by Gasteiger charge is 2.35. The molecular weight excluding hydrogens is 273 g/mol. The highest BCUT2D eigenvalue weighted by Crippen LogP contribution is 2.19. The van der Waals surface area contributed by atoms with Crippen LogP contribution >= 0.6 is 0 Å². The minimum absolute atomic E-state index is 0.153. The van der Waals surface area contributed by atoms with Gasteiger partial charge in [-0.05, 0) is 19.8 Å². The molecule has 0 aromatic rings. The number of halogens is 3. The molecule has 1 amide bonds. The van der Waals surface area contributed by atoms with Gasteiger partial charge >= 0.3 is 6.18 Å². The van der Waals surface area contributed by atoms with Crippen LogP contribution in [-0.4, -0.2) is 65.8 Å². The topological polar surface area (TPSA) is 43.8 Å². The van der Waals surface area contributed by atoms with Crippen molar-refractivity contribution in [2.45, 2.75) is 44.8 Å². The van der Waals surface area contributed by atoms with E-state index in [2.05, 4.69) is 0 Å². The van der Waals surface area contributed by atoms with E-state index in [4.69, 9.17) is 5.11 Å². The van der Waals surface area contributed by atoms with Crippen molar-refractivity contribution >= 4 is 5.91 Å². The van der Waals surface area contributed by atoms with Gasteiger partial charge in [-0.25, -0.2) is 0 Å². The molecule has 1 heterocycles. The Morgan fingerprint density at radius 1 is 1.25 bits per heavy atom. The number of alkyl halides is 3. The summed E-state index contributed by atoms with van der Waals surface area (Å²) in [5, 5.41) is 8.89. The lowest BCUT2D eigenvalue weighted by atomic mass is 10.2. The minimum Gasteiger partial charge on any atom is -0.395 e. The van der Waals surface area contributed by atoms with E-state index in [0.29, 0.717) is 13.1 Å². The summed E-state index contributed by atoms with van der Waals surface area (Å²) in [5.74, 6) is -0.274. The molecule has 1 aliphatic rings. The molecular formula is C13H23F3N2O2. The Bertz CT molecular complexity index is 302. The van der Waals surface area contributed by atoms with Gasteiger partial charge in [0.05, 0.1) is 19.2 Å². The van der Waals surface area contributed by atoms with Gasteiger partial charge in [0, 0.05) is 19.6 Å². The minimum atomic E-state index is -4.37. The van der Waals surface area contributed by atoms with Crippen molar-refractivity contribution in [1.82, 2.24) is 9.80 Å². The average Bonchev–Trinajstić information content (AvgIpc) is 2.63. The zero-order valence-electron chi connectivity index (χ0n) is 11.8. The van der Waals surface area contributed by atoms with Crippen LogP contribution in [0.5, 0.6) is 0 Å². The van der Waals surface area contributed by atoms with Crippen molar-refractivity contribution in [1.29, 1.82) is 0 Å². The Balaban J connectivity index is 2.66. The van der Waals surface area contributed by atoms with Crippen molar-refractivity contribution in [3.05, 3.63) is 0 Å². The molecule has 0 aromatic carbocycles. The van der Waals surface area contributed by atoms with Gasteiger partial charge < -0.3 is 10.0 Å². The molecule has 4 nitrogen and oxygen atoms in total. The Labute approximate surface area is 117 Å². The van der Waals surface area contributed by atoms with Crippen molar-refractivity contribution in [2.75, 3.05) is 32.8 Å². The summed E-state index contributed by atoms with van der Waals surface area (Å²) < 4.78 is 37.5.